The Balaban J connectivity index is 0.00000260. The van der Waals surface area contributed by atoms with Gasteiger partial charge in [-0.2, -0.15) is 0 Å². The van der Waals surface area contributed by atoms with E-state index in [9.17, 15) is 0 Å². The number of benzene rings is 4. The molecule has 0 amide bonds. The maximum absolute atomic E-state index is 3.65. The van der Waals surface area contributed by atoms with Gasteiger partial charge < -0.3 is 0 Å². The molecule has 2 aliphatic carbocycles. The summed E-state index contributed by atoms with van der Waals surface area (Å²) in [5, 5.41) is 0. The van der Waals surface area contributed by atoms with Gasteiger partial charge >= 0.3 is 284 Å². The molecule has 48 heavy (non-hydrogen) atoms. The van der Waals surface area contributed by atoms with Gasteiger partial charge in [0, 0.05) is 0 Å². The molecule has 0 saturated heterocycles. The van der Waals surface area contributed by atoms with Gasteiger partial charge in [-0.1, -0.05) is 0 Å². The van der Waals surface area contributed by atoms with Gasteiger partial charge in [0.2, 0.25) is 0 Å². The molecular weight excluding hydrogens is 719 g/mol. The van der Waals surface area contributed by atoms with Crippen molar-refractivity contribution in [1.82, 2.24) is 0 Å². The zero-order valence-corrected chi connectivity index (χ0v) is 36.1. The van der Waals surface area contributed by atoms with Gasteiger partial charge in [-0.3, -0.25) is 0 Å². The van der Waals surface area contributed by atoms with Gasteiger partial charge in [0.25, 0.3) is 0 Å². The fourth-order valence-electron chi connectivity index (χ4n) is 8.92. The molecule has 0 saturated carbocycles. The normalized spacial score (nSPS) is 18.2. The van der Waals surface area contributed by atoms with Crippen molar-refractivity contribution in [2.45, 2.75) is 89.7 Å². The van der Waals surface area contributed by atoms with Crippen LogP contribution in [0.5, 0.6) is 0 Å². The molecule has 4 aromatic rings. The second kappa shape index (κ2) is 14.7. The van der Waals surface area contributed by atoms with Crippen LogP contribution in [-0.4, -0.2) is 6.88 Å². The van der Waals surface area contributed by atoms with Crippen LogP contribution in [0.15, 0.2) is 96.1 Å². The van der Waals surface area contributed by atoms with Gasteiger partial charge in [-0.25, -0.2) is 0 Å². The number of hydrogen-bond acceptors (Lipinski definition) is 0. The Hall–Kier alpha value is -1.96. The third kappa shape index (κ3) is 6.74. The summed E-state index contributed by atoms with van der Waals surface area (Å²) in [6, 6.07) is 33.1. The van der Waals surface area contributed by atoms with Crippen molar-refractivity contribution in [2.24, 2.45) is 5.92 Å². The molecule has 0 N–H and O–H groups in total. The van der Waals surface area contributed by atoms with Crippen molar-refractivity contribution in [3.8, 4) is 22.3 Å². The van der Waals surface area contributed by atoms with E-state index >= 15 is 0 Å². The number of fused-ring (bicyclic) bond motifs is 2. The summed E-state index contributed by atoms with van der Waals surface area (Å²) < 4.78 is 6.58. The maximum Gasteiger partial charge on any atom is -0.147 e. The molecular formula is C44H56Cl2SiZr. The van der Waals surface area contributed by atoms with Crippen LogP contribution < -0.4 is 0 Å². The van der Waals surface area contributed by atoms with Crippen molar-refractivity contribution in [2.75, 3.05) is 0 Å². The molecule has 4 unspecified atom stereocenters. The van der Waals surface area contributed by atoms with Crippen LogP contribution in [0.3, 0.4) is 0 Å². The average molecular weight is 775 g/mol. The quantitative estimate of drug-likeness (QED) is 0.149. The summed E-state index contributed by atoms with van der Waals surface area (Å²) >= 11 is -3.65. The largest absolute Gasteiger partial charge is 0.147 e. The molecule has 4 aromatic carbocycles. The molecule has 0 aliphatic heterocycles. The first-order valence-electron chi connectivity index (χ1n) is 17.8. The van der Waals surface area contributed by atoms with E-state index in [4.69, 9.17) is 0 Å². The maximum atomic E-state index is 2.77. The van der Waals surface area contributed by atoms with E-state index in [0.717, 1.165) is 0 Å². The van der Waals surface area contributed by atoms with Gasteiger partial charge in [-0.05, 0) is 0 Å². The number of allylic oxidation sites excluding steroid dienone is 2. The first-order valence-corrected chi connectivity index (χ1v) is 31.5. The van der Waals surface area contributed by atoms with Crippen molar-refractivity contribution >= 4 is 43.8 Å². The molecule has 0 nitrogen and oxygen atoms in total. The van der Waals surface area contributed by atoms with Crippen LogP contribution >= 0.6 is 24.8 Å². The van der Waals surface area contributed by atoms with Crippen LogP contribution in [0, 0.1) is 5.92 Å². The molecule has 0 bridgehead atoms. The SMILES string of the molecule is CCC(C)c1ccc(-c2cccc3c2C=C(C)[CH]3[Zr]([CH3])([CH3])(=[SiH2])[CH]2C(C(C)C)=Cc3c(-c4ccc(C(C)CC)cc4)cccc32)cc1.Cl.Cl. The fourth-order valence-corrected chi connectivity index (χ4v) is 29.5. The first-order chi connectivity index (χ1) is 21.8. The Kier molecular flexibility index (Phi) is 11.9. The zero-order valence-electron chi connectivity index (χ0n) is 30.6. The molecule has 2 aliphatic rings. The van der Waals surface area contributed by atoms with Gasteiger partial charge in [-0.15, -0.1) is 24.8 Å². The minimum atomic E-state index is -3.65. The molecule has 4 heteroatoms. The summed E-state index contributed by atoms with van der Waals surface area (Å²) in [5.74, 6) is 1.70. The van der Waals surface area contributed by atoms with E-state index < -0.39 is 17.4 Å². The second-order valence-electron chi connectivity index (χ2n) is 16.0. The minimum absolute atomic E-state index is 0. The van der Waals surface area contributed by atoms with Crippen LogP contribution in [0.2, 0.25) is 9.26 Å². The fraction of sp³-hybridized carbons (Fsp3) is 0.364. The zero-order chi connectivity index (χ0) is 33.0. The summed E-state index contributed by atoms with van der Waals surface area (Å²) in [7, 11) is 0. The van der Waals surface area contributed by atoms with Crippen molar-refractivity contribution in [1.29, 1.82) is 0 Å². The average Bonchev–Trinajstić information content (AvgIpc) is 3.63. The summed E-state index contributed by atoms with van der Waals surface area (Å²) in [6.07, 6.45) is 7.51. The van der Waals surface area contributed by atoms with Gasteiger partial charge in [0.15, 0.2) is 0 Å². The molecule has 0 aromatic heterocycles. The van der Waals surface area contributed by atoms with E-state index in [0.29, 0.717) is 25.0 Å². The molecule has 0 radical (unpaired) electrons. The monoisotopic (exact) mass is 772 g/mol. The molecule has 0 fully saturated rings. The van der Waals surface area contributed by atoms with E-state index in [1.165, 1.54) is 57.3 Å². The molecule has 254 valence electrons. The summed E-state index contributed by atoms with van der Waals surface area (Å²) in [6.45, 7) is 19.0. The third-order valence-electron chi connectivity index (χ3n) is 11.7. The smallest absolute Gasteiger partial charge is 0.147 e. The van der Waals surface area contributed by atoms with E-state index in [1.807, 2.05) is 0 Å². The Morgan fingerprint density at radius 1 is 0.604 bits per heavy atom. The number of hydrogen-bond donors (Lipinski definition) is 0. The van der Waals surface area contributed by atoms with Gasteiger partial charge in [0.05, 0.1) is 0 Å². The standard InChI is InChI=1S/C22H25.C20H21.2CH3.2ClH.H2Si.Zr/c1-5-16(4)17-9-11-18(12-10-17)21-8-6-7-19-13-20(15(2)3)14-22(19)21;1-4-15(3)16-8-10-17(11-9-16)19-7-5-6-18-12-14(2)13-20(18)19;;;;;;/h6-16H,5H2,1-4H3;5-13,15H,4H2,1-3H3;2*1H3;2*1H;1H2;. The van der Waals surface area contributed by atoms with Crippen LogP contribution in [0.4, 0.5) is 0 Å². The van der Waals surface area contributed by atoms with Crippen molar-refractivity contribution < 1.29 is 17.4 Å². The predicted octanol–water partition coefficient (Wildman–Crippen LogP) is 13.5. The Labute approximate surface area is 306 Å². The molecule has 0 spiro atoms. The van der Waals surface area contributed by atoms with Gasteiger partial charge in [0.1, 0.15) is 0 Å². The number of halogens is 2. The molecule has 4 atom stereocenters. The van der Waals surface area contributed by atoms with Crippen LogP contribution in [0.25, 0.3) is 34.4 Å². The minimum Gasteiger partial charge on any atom is -0.147 e. The second-order valence-corrected chi connectivity index (χ2v) is 46.4. The topological polar surface area (TPSA) is 0 Å². The summed E-state index contributed by atoms with van der Waals surface area (Å²) in [5.41, 5.74) is 17.6. The van der Waals surface area contributed by atoms with E-state index in [1.54, 1.807) is 22.3 Å². The first kappa shape index (κ1) is 38.8. The molecule has 0 heterocycles. The van der Waals surface area contributed by atoms with Crippen LogP contribution in [0.1, 0.15) is 114 Å². The molecule has 6 rings (SSSR count). The van der Waals surface area contributed by atoms with Crippen LogP contribution in [-0.2, 0) is 17.4 Å². The van der Waals surface area contributed by atoms with E-state index in [-0.39, 0.29) is 24.8 Å². The summed E-state index contributed by atoms with van der Waals surface area (Å²) in [4.78, 5) is 0. The third-order valence-corrected chi connectivity index (χ3v) is 29.4. The Morgan fingerprint density at radius 2 is 1.02 bits per heavy atom. The van der Waals surface area contributed by atoms with Crippen molar-refractivity contribution in [3.63, 3.8) is 0 Å². The number of rotatable bonds is 9. The van der Waals surface area contributed by atoms with E-state index in [2.05, 4.69) is 162 Å². The Bertz CT molecular complexity index is 1910. The van der Waals surface area contributed by atoms with Crippen molar-refractivity contribution in [3.05, 3.63) is 129 Å². The Morgan fingerprint density at radius 3 is 1.44 bits per heavy atom. The predicted molar refractivity (Wildman–Crippen MR) is 218 cm³/mol.